The fraction of sp³-hybridized carbons (Fsp3) is 0.909. The van der Waals surface area contributed by atoms with Crippen LogP contribution in [0.4, 0.5) is 0 Å². The summed E-state index contributed by atoms with van der Waals surface area (Å²) >= 11 is 0. The first kappa shape index (κ1) is 13.5. The summed E-state index contributed by atoms with van der Waals surface area (Å²) in [5.74, 6) is 0. The van der Waals surface area contributed by atoms with Crippen molar-refractivity contribution in [2.45, 2.75) is 63.2 Å². The minimum absolute atomic E-state index is 0.0369. The average molecular weight is 244 g/mol. The van der Waals surface area contributed by atoms with Gasteiger partial charge in [-0.05, 0) is 19.3 Å². The van der Waals surface area contributed by atoms with Gasteiger partial charge in [0.1, 0.15) is 0 Å². The topological polar surface area (TPSA) is 70.0 Å². The van der Waals surface area contributed by atoms with Crippen LogP contribution in [-0.2, 0) is 10.0 Å². The summed E-state index contributed by atoms with van der Waals surface area (Å²) in [5, 5.41) is 7.87. The highest BCUT2D eigenvalue weighted by atomic mass is 32.2. The second-order valence-corrected chi connectivity index (χ2v) is 6.27. The normalized spacial score (nSPS) is 21.0. The van der Waals surface area contributed by atoms with Gasteiger partial charge in [-0.3, -0.25) is 0 Å². The van der Waals surface area contributed by atoms with Crippen LogP contribution in [-0.4, -0.2) is 19.7 Å². The summed E-state index contributed by atoms with van der Waals surface area (Å²) in [6, 6.07) is 1.88. The molecule has 1 rings (SSSR count). The van der Waals surface area contributed by atoms with Crippen LogP contribution in [0.15, 0.2) is 0 Å². The quantitative estimate of drug-likeness (QED) is 0.768. The lowest BCUT2D eigenvalue weighted by Crippen LogP contribution is -2.40. The lowest BCUT2D eigenvalue weighted by Gasteiger charge is -2.18. The third kappa shape index (κ3) is 3.76. The molecule has 1 N–H and O–H groups in total. The highest BCUT2D eigenvalue weighted by molar-refractivity contribution is 7.90. The number of nitriles is 1. The first-order valence-corrected chi connectivity index (χ1v) is 7.55. The molecule has 92 valence electrons. The summed E-state index contributed by atoms with van der Waals surface area (Å²) < 4.78 is 26.4. The molecule has 16 heavy (non-hydrogen) atoms. The molecular formula is C11H20N2O2S. The van der Waals surface area contributed by atoms with E-state index in [9.17, 15) is 8.42 Å². The molecule has 1 atom stereocenters. The Labute approximate surface area is 98.1 Å². The van der Waals surface area contributed by atoms with Crippen molar-refractivity contribution in [3.05, 3.63) is 0 Å². The monoisotopic (exact) mass is 244 g/mol. The van der Waals surface area contributed by atoms with Crippen LogP contribution >= 0.6 is 0 Å². The van der Waals surface area contributed by atoms with E-state index in [0.717, 1.165) is 25.7 Å². The summed E-state index contributed by atoms with van der Waals surface area (Å²) in [6.45, 7) is 1.72. The molecule has 1 aliphatic rings. The summed E-state index contributed by atoms with van der Waals surface area (Å²) in [5.41, 5.74) is 0. The highest BCUT2D eigenvalue weighted by Gasteiger charge is 2.26. The molecule has 1 aliphatic carbocycles. The zero-order valence-electron chi connectivity index (χ0n) is 9.78. The number of sulfonamides is 1. The van der Waals surface area contributed by atoms with Gasteiger partial charge in [0.2, 0.25) is 10.0 Å². The van der Waals surface area contributed by atoms with E-state index in [-0.39, 0.29) is 6.04 Å². The summed E-state index contributed by atoms with van der Waals surface area (Å²) in [6.07, 6.45) is 6.69. The van der Waals surface area contributed by atoms with Crippen molar-refractivity contribution >= 4 is 10.0 Å². The Kier molecular flexibility index (Phi) is 5.23. The lowest BCUT2D eigenvalue weighted by atomic mass is 10.1. The summed E-state index contributed by atoms with van der Waals surface area (Å²) in [7, 11) is -3.45. The average Bonchev–Trinajstić information content (AvgIpc) is 2.47. The van der Waals surface area contributed by atoms with Crippen molar-refractivity contribution in [3.8, 4) is 6.07 Å². The van der Waals surface area contributed by atoms with Crippen molar-refractivity contribution < 1.29 is 8.42 Å². The van der Waals surface area contributed by atoms with E-state index in [4.69, 9.17) is 5.26 Å². The van der Waals surface area contributed by atoms with Crippen molar-refractivity contribution in [1.29, 1.82) is 5.26 Å². The molecule has 4 nitrogen and oxygen atoms in total. The molecule has 5 heteroatoms. The Bertz CT molecular complexity index is 337. The van der Waals surface area contributed by atoms with Gasteiger partial charge in [-0.15, -0.1) is 0 Å². The van der Waals surface area contributed by atoms with Gasteiger partial charge in [0.15, 0.2) is 5.25 Å². The fourth-order valence-electron chi connectivity index (χ4n) is 2.09. The van der Waals surface area contributed by atoms with Crippen LogP contribution in [0.25, 0.3) is 0 Å². The van der Waals surface area contributed by atoms with Crippen LogP contribution in [0.1, 0.15) is 51.9 Å². The van der Waals surface area contributed by atoms with Gasteiger partial charge in [0.25, 0.3) is 0 Å². The van der Waals surface area contributed by atoms with Crippen LogP contribution in [0.3, 0.4) is 0 Å². The predicted molar refractivity (Wildman–Crippen MR) is 63.2 cm³/mol. The molecular weight excluding hydrogens is 224 g/mol. The molecule has 1 fully saturated rings. The van der Waals surface area contributed by atoms with Gasteiger partial charge in [-0.1, -0.05) is 32.6 Å². The van der Waals surface area contributed by atoms with E-state index >= 15 is 0 Å². The van der Waals surface area contributed by atoms with Crippen LogP contribution in [0.5, 0.6) is 0 Å². The SMILES string of the molecule is CCC(C#N)S(=O)(=O)NC1CCCCCC1. The molecule has 0 spiro atoms. The smallest absolute Gasteiger partial charge is 0.211 e. The van der Waals surface area contributed by atoms with Gasteiger partial charge in [-0.2, -0.15) is 5.26 Å². The number of hydrogen-bond acceptors (Lipinski definition) is 3. The molecule has 0 aromatic heterocycles. The van der Waals surface area contributed by atoms with Gasteiger partial charge >= 0.3 is 0 Å². The zero-order chi connectivity index (χ0) is 12.0. The van der Waals surface area contributed by atoms with Crippen molar-refractivity contribution in [2.75, 3.05) is 0 Å². The van der Waals surface area contributed by atoms with Crippen molar-refractivity contribution in [3.63, 3.8) is 0 Å². The number of hydrogen-bond donors (Lipinski definition) is 1. The minimum atomic E-state index is -3.45. The Hall–Kier alpha value is -0.600. The van der Waals surface area contributed by atoms with E-state index in [1.54, 1.807) is 6.92 Å². The molecule has 0 aliphatic heterocycles. The molecule has 0 amide bonds. The molecule has 0 heterocycles. The maximum atomic E-state index is 11.8. The zero-order valence-corrected chi connectivity index (χ0v) is 10.6. The van der Waals surface area contributed by atoms with Gasteiger partial charge in [0, 0.05) is 6.04 Å². The Morgan fingerprint density at radius 3 is 2.31 bits per heavy atom. The van der Waals surface area contributed by atoms with Crippen molar-refractivity contribution in [2.24, 2.45) is 0 Å². The van der Waals surface area contributed by atoms with Gasteiger partial charge in [-0.25, -0.2) is 13.1 Å². The first-order chi connectivity index (χ1) is 7.60. The van der Waals surface area contributed by atoms with Gasteiger partial charge < -0.3 is 0 Å². The maximum Gasteiger partial charge on any atom is 0.228 e. The Morgan fingerprint density at radius 2 is 1.88 bits per heavy atom. The largest absolute Gasteiger partial charge is 0.228 e. The van der Waals surface area contributed by atoms with Gasteiger partial charge in [0.05, 0.1) is 6.07 Å². The third-order valence-corrected chi connectivity index (χ3v) is 4.93. The highest BCUT2D eigenvalue weighted by Crippen LogP contribution is 2.18. The molecule has 1 saturated carbocycles. The van der Waals surface area contributed by atoms with E-state index in [1.165, 1.54) is 12.8 Å². The maximum absolute atomic E-state index is 11.8. The van der Waals surface area contributed by atoms with Crippen LogP contribution in [0.2, 0.25) is 0 Å². The molecule has 0 aromatic rings. The van der Waals surface area contributed by atoms with E-state index in [1.807, 2.05) is 6.07 Å². The van der Waals surface area contributed by atoms with Crippen LogP contribution < -0.4 is 4.72 Å². The van der Waals surface area contributed by atoms with E-state index in [2.05, 4.69) is 4.72 Å². The Balaban J connectivity index is 2.60. The number of nitrogens with zero attached hydrogens (tertiary/aromatic N) is 1. The third-order valence-electron chi connectivity index (χ3n) is 3.08. The molecule has 0 radical (unpaired) electrons. The second kappa shape index (κ2) is 6.21. The van der Waals surface area contributed by atoms with E-state index < -0.39 is 15.3 Å². The Morgan fingerprint density at radius 1 is 1.31 bits per heavy atom. The molecule has 0 saturated heterocycles. The second-order valence-electron chi connectivity index (χ2n) is 4.38. The molecule has 1 unspecified atom stereocenters. The fourth-order valence-corrected chi connectivity index (χ4v) is 3.53. The number of rotatable bonds is 4. The standard InChI is InChI=1S/C11H20N2O2S/c1-2-11(9-12)16(14,15)13-10-7-5-3-4-6-8-10/h10-11,13H,2-8H2,1H3. The van der Waals surface area contributed by atoms with Crippen LogP contribution in [0, 0.1) is 11.3 Å². The predicted octanol–water partition coefficient (Wildman–Crippen LogP) is 1.93. The lowest BCUT2D eigenvalue weighted by molar-refractivity contribution is 0.505. The molecule has 0 aromatic carbocycles. The van der Waals surface area contributed by atoms with Crippen molar-refractivity contribution in [1.82, 2.24) is 4.72 Å². The van der Waals surface area contributed by atoms with E-state index in [0.29, 0.717) is 6.42 Å². The number of nitrogens with one attached hydrogen (secondary N) is 1. The molecule has 0 bridgehead atoms. The summed E-state index contributed by atoms with van der Waals surface area (Å²) in [4.78, 5) is 0. The minimum Gasteiger partial charge on any atom is -0.211 e. The first-order valence-electron chi connectivity index (χ1n) is 6.01.